The van der Waals surface area contributed by atoms with Crippen molar-refractivity contribution < 1.29 is 28.6 Å². The number of ether oxygens (including phenoxy) is 3. The fraction of sp³-hybridized carbons (Fsp3) is 0.784. The molecule has 0 aromatic heterocycles. The van der Waals surface area contributed by atoms with Gasteiger partial charge in [0.2, 0.25) is 0 Å². The number of unbranched alkanes of at least 4 members (excludes halogenated alkanes) is 24. The summed E-state index contributed by atoms with van der Waals surface area (Å²) in [6.45, 7) is 6.48. The zero-order valence-electron chi connectivity index (χ0n) is 37.6. The molecule has 0 aliphatic carbocycles. The summed E-state index contributed by atoms with van der Waals surface area (Å²) in [5.41, 5.74) is 0. The van der Waals surface area contributed by atoms with Crippen LogP contribution in [0.1, 0.15) is 239 Å². The van der Waals surface area contributed by atoms with E-state index in [1.54, 1.807) is 0 Å². The largest absolute Gasteiger partial charge is 0.462 e. The van der Waals surface area contributed by atoms with E-state index >= 15 is 0 Å². The van der Waals surface area contributed by atoms with Gasteiger partial charge in [0.15, 0.2) is 6.10 Å². The van der Waals surface area contributed by atoms with Gasteiger partial charge in [-0.15, -0.1) is 0 Å². The molecule has 0 radical (unpaired) electrons. The van der Waals surface area contributed by atoms with Gasteiger partial charge in [0.1, 0.15) is 13.2 Å². The third-order valence-electron chi connectivity index (χ3n) is 10.3. The maximum atomic E-state index is 12.7. The third kappa shape index (κ3) is 44.3. The molecule has 0 saturated heterocycles. The quantitative estimate of drug-likeness (QED) is 0.0265. The Bertz CT molecular complexity index is 1010. The summed E-state index contributed by atoms with van der Waals surface area (Å²) in [7, 11) is 0. The molecule has 0 aliphatic heterocycles. The first-order valence-electron chi connectivity index (χ1n) is 24.1. The molecule has 0 heterocycles. The van der Waals surface area contributed by atoms with E-state index < -0.39 is 6.10 Å². The maximum absolute atomic E-state index is 12.7. The van der Waals surface area contributed by atoms with Gasteiger partial charge in [-0.25, -0.2) is 0 Å². The van der Waals surface area contributed by atoms with Crippen molar-refractivity contribution >= 4 is 17.9 Å². The molecular weight excluding hydrogens is 709 g/mol. The van der Waals surface area contributed by atoms with Gasteiger partial charge in [0.25, 0.3) is 0 Å². The van der Waals surface area contributed by atoms with Crippen LogP contribution in [-0.4, -0.2) is 37.2 Å². The Morgan fingerprint density at radius 3 is 1.07 bits per heavy atom. The van der Waals surface area contributed by atoms with Crippen molar-refractivity contribution in [1.82, 2.24) is 0 Å². The molecule has 0 amide bonds. The highest BCUT2D eigenvalue weighted by molar-refractivity contribution is 5.71. The van der Waals surface area contributed by atoms with Crippen LogP contribution in [0.25, 0.3) is 0 Å². The molecular formula is C51H90O6. The number of hydrogen-bond acceptors (Lipinski definition) is 6. The van der Waals surface area contributed by atoms with Gasteiger partial charge in [-0.1, -0.05) is 211 Å². The van der Waals surface area contributed by atoms with E-state index in [9.17, 15) is 14.4 Å². The highest BCUT2D eigenvalue weighted by atomic mass is 16.6. The second-order valence-corrected chi connectivity index (χ2v) is 16.0. The standard InChI is InChI=1S/C51H90O6/c1-4-7-10-13-16-19-22-24-25-27-29-32-35-38-41-44-50(53)56-47-48(46-55-49(52)43-40-37-34-31-28-21-18-15-12-9-6-3)57-51(54)45-42-39-36-33-30-26-23-20-17-14-11-8-5-2/h7,10,16,19,24-25,29,32,48H,4-6,8-9,11-15,17-18,20-23,26-28,30-31,33-47H2,1-3H3/b10-7-,19-16-,25-24-,32-29-/t48-/m0/s1. The molecule has 57 heavy (non-hydrogen) atoms. The summed E-state index contributed by atoms with van der Waals surface area (Å²) < 4.78 is 16.7. The van der Waals surface area contributed by atoms with Gasteiger partial charge in [-0.2, -0.15) is 0 Å². The average Bonchev–Trinajstić information content (AvgIpc) is 3.21. The second kappa shape index (κ2) is 46.1. The average molecular weight is 799 g/mol. The molecule has 330 valence electrons. The van der Waals surface area contributed by atoms with E-state index in [1.807, 2.05) is 0 Å². The number of allylic oxidation sites excluding steroid dienone is 8. The summed E-state index contributed by atoms with van der Waals surface area (Å²) >= 11 is 0. The predicted molar refractivity (Wildman–Crippen MR) is 242 cm³/mol. The maximum Gasteiger partial charge on any atom is 0.306 e. The highest BCUT2D eigenvalue weighted by Crippen LogP contribution is 2.15. The molecule has 0 bridgehead atoms. The number of rotatable bonds is 43. The molecule has 0 aromatic carbocycles. The Labute approximate surface area is 352 Å². The van der Waals surface area contributed by atoms with Crippen LogP contribution >= 0.6 is 0 Å². The van der Waals surface area contributed by atoms with Crippen molar-refractivity contribution in [2.75, 3.05) is 13.2 Å². The van der Waals surface area contributed by atoms with Crippen LogP contribution in [0.15, 0.2) is 48.6 Å². The minimum Gasteiger partial charge on any atom is -0.462 e. The summed E-state index contributed by atoms with van der Waals surface area (Å²) in [6.07, 6.45) is 53.8. The first-order valence-corrected chi connectivity index (χ1v) is 24.1. The lowest BCUT2D eigenvalue weighted by Crippen LogP contribution is -2.30. The van der Waals surface area contributed by atoms with Crippen LogP contribution < -0.4 is 0 Å². The summed E-state index contributed by atoms with van der Waals surface area (Å²) in [5.74, 6) is -0.922. The zero-order chi connectivity index (χ0) is 41.5. The lowest BCUT2D eigenvalue weighted by atomic mass is 10.0. The smallest absolute Gasteiger partial charge is 0.306 e. The highest BCUT2D eigenvalue weighted by Gasteiger charge is 2.19. The topological polar surface area (TPSA) is 78.9 Å². The molecule has 0 N–H and O–H groups in total. The molecule has 0 aliphatic rings. The van der Waals surface area contributed by atoms with Gasteiger partial charge in [0.05, 0.1) is 0 Å². The monoisotopic (exact) mass is 799 g/mol. The van der Waals surface area contributed by atoms with Crippen molar-refractivity contribution in [3.63, 3.8) is 0 Å². The van der Waals surface area contributed by atoms with Crippen LogP contribution in [0, 0.1) is 0 Å². The van der Waals surface area contributed by atoms with Crippen LogP contribution in [0.5, 0.6) is 0 Å². The summed E-state index contributed by atoms with van der Waals surface area (Å²) in [5, 5.41) is 0. The van der Waals surface area contributed by atoms with Gasteiger partial charge in [-0.3, -0.25) is 14.4 Å². The molecule has 6 nitrogen and oxygen atoms in total. The molecule has 1 atom stereocenters. The molecule has 0 spiro atoms. The Kier molecular flexibility index (Phi) is 43.9. The predicted octanol–water partition coefficient (Wildman–Crippen LogP) is 15.5. The molecule has 0 aromatic rings. The summed E-state index contributed by atoms with van der Waals surface area (Å²) in [6, 6.07) is 0. The normalized spacial score (nSPS) is 12.4. The van der Waals surface area contributed by atoms with Crippen molar-refractivity contribution in [2.24, 2.45) is 0 Å². The van der Waals surface area contributed by atoms with Crippen molar-refractivity contribution in [3.05, 3.63) is 48.6 Å². The molecule has 0 unspecified atom stereocenters. The number of hydrogen-bond donors (Lipinski definition) is 0. The number of carbonyl (C=O) groups excluding carboxylic acids is 3. The van der Waals surface area contributed by atoms with E-state index in [0.717, 1.165) is 83.5 Å². The van der Waals surface area contributed by atoms with Gasteiger partial charge in [-0.05, 0) is 57.8 Å². The van der Waals surface area contributed by atoms with E-state index in [4.69, 9.17) is 14.2 Å². The zero-order valence-corrected chi connectivity index (χ0v) is 37.6. The summed E-state index contributed by atoms with van der Waals surface area (Å²) in [4.78, 5) is 37.8. The Morgan fingerprint density at radius 2 is 0.684 bits per heavy atom. The van der Waals surface area contributed by atoms with Crippen molar-refractivity contribution in [2.45, 2.75) is 245 Å². The lowest BCUT2D eigenvalue weighted by molar-refractivity contribution is -0.167. The van der Waals surface area contributed by atoms with E-state index in [1.165, 1.54) is 116 Å². The van der Waals surface area contributed by atoms with Crippen molar-refractivity contribution in [3.8, 4) is 0 Å². The fourth-order valence-corrected chi connectivity index (χ4v) is 6.73. The second-order valence-electron chi connectivity index (χ2n) is 16.0. The van der Waals surface area contributed by atoms with Gasteiger partial charge in [0, 0.05) is 19.3 Å². The molecule has 0 saturated carbocycles. The van der Waals surface area contributed by atoms with Crippen LogP contribution in [-0.2, 0) is 28.6 Å². The molecule has 0 fully saturated rings. The van der Waals surface area contributed by atoms with Crippen LogP contribution in [0.3, 0.4) is 0 Å². The Balaban J connectivity index is 4.42. The van der Waals surface area contributed by atoms with E-state index in [0.29, 0.717) is 19.3 Å². The Morgan fingerprint density at radius 1 is 0.368 bits per heavy atom. The molecule has 6 heteroatoms. The van der Waals surface area contributed by atoms with Crippen LogP contribution in [0.4, 0.5) is 0 Å². The lowest BCUT2D eigenvalue weighted by Gasteiger charge is -2.18. The minimum atomic E-state index is -0.783. The Hall–Kier alpha value is -2.63. The fourth-order valence-electron chi connectivity index (χ4n) is 6.73. The minimum absolute atomic E-state index is 0.0830. The van der Waals surface area contributed by atoms with Gasteiger partial charge < -0.3 is 14.2 Å². The first-order chi connectivity index (χ1) is 28.0. The van der Waals surface area contributed by atoms with Crippen LogP contribution in [0.2, 0.25) is 0 Å². The van der Waals surface area contributed by atoms with E-state index in [2.05, 4.69) is 69.4 Å². The molecule has 0 rings (SSSR count). The first kappa shape index (κ1) is 54.4. The third-order valence-corrected chi connectivity index (χ3v) is 10.3. The SMILES string of the molecule is CC/C=C\C/C=C\C/C=C\C/C=C\CCCCC(=O)OC[C@H](COC(=O)CCCCCCCCCCCCC)OC(=O)CCCCCCCCCCCCCCC. The van der Waals surface area contributed by atoms with E-state index in [-0.39, 0.29) is 31.1 Å². The van der Waals surface area contributed by atoms with Gasteiger partial charge >= 0.3 is 17.9 Å². The van der Waals surface area contributed by atoms with Crippen molar-refractivity contribution in [1.29, 1.82) is 0 Å². The number of carbonyl (C=O) groups is 3. The number of esters is 3.